The molecule has 0 atom stereocenters. The number of carbonyl (C=O) groups is 1. The van der Waals surface area contributed by atoms with Crippen molar-refractivity contribution in [1.82, 2.24) is 20.4 Å². The average Bonchev–Trinajstić information content (AvgIpc) is 2.66. The zero-order valence-corrected chi connectivity index (χ0v) is 19.2. The standard InChI is InChI=1S/C21H33Cl2N5O/c1-4-5-8-24-21(25-14-20(29)27(2)3)26-19-6-9-28(10-7-19)15-16-11-17(22)13-18(23)12-16/h11-13,19H,4-10,14-15H2,1-3H3,(H2,24,25,26). The molecule has 0 aliphatic carbocycles. The molecule has 1 aliphatic heterocycles. The number of aliphatic imine (C=N–C) groups is 1. The number of carbonyl (C=O) groups excluding carboxylic acids is 1. The van der Waals surface area contributed by atoms with Crippen molar-refractivity contribution in [3.05, 3.63) is 33.8 Å². The summed E-state index contributed by atoms with van der Waals surface area (Å²) < 4.78 is 0. The highest BCUT2D eigenvalue weighted by Crippen LogP contribution is 2.21. The zero-order valence-electron chi connectivity index (χ0n) is 17.7. The first-order valence-corrected chi connectivity index (χ1v) is 11.0. The van der Waals surface area contributed by atoms with Crippen LogP contribution in [0.15, 0.2) is 23.2 Å². The van der Waals surface area contributed by atoms with Gasteiger partial charge in [0, 0.05) is 56.4 Å². The fourth-order valence-corrected chi connectivity index (χ4v) is 3.78. The van der Waals surface area contributed by atoms with Crippen LogP contribution < -0.4 is 10.6 Å². The highest BCUT2D eigenvalue weighted by atomic mass is 35.5. The maximum absolute atomic E-state index is 11.9. The molecule has 0 bridgehead atoms. The van der Waals surface area contributed by atoms with Crippen LogP contribution in [-0.2, 0) is 11.3 Å². The number of hydrogen-bond donors (Lipinski definition) is 2. The van der Waals surface area contributed by atoms with Gasteiger partial charge in [-0.05, 0) is 43.0 Å². The van der Waals surface area contributed by atoms with Gasteiger partial charge in [0.05, 0.1) is 0 Å². The Kier molecular flexibility index (Phi) is 10.0. The maximum Gasteiger partial charge on any atom is 0.243 e. The van der Waals surface area contributed by atoms with Crippen LogP contribution in [0.25, 0.3) is 0 Å². The molecule has 0 aromatic heterocycles. The van der Waals surface area contributed by atoms with Crippen LogP contribution in [0.1, 0.15) is 38.2 Å². The molecule has 0 saturated carbocycles. The quantitative estimate of drug-likeness (QED) is 0.368. The molecule has 6 nitrogen and oxygen atoms in total. The Morgan fingerprint density at radius 3 is 2.45 bits per heavy atom. The number of benzene rings is 1. The van der Waals surface area contributed by atoms with Crippen LogP contribution in [-0.4, -0.2) is 68.0 Å². The van der Waals surface area contributed by atoms with Gasteiger partial charge in [0.2, 0.25) is 5.91 Å². The number of likely N-dealkylation sites (tertiary alicyclic amines) is 1. The van der Waals surface area contributed by atoms with E-state index < -0.39 is 0 Å². The van der Waals surface area contributed by atoms with E-state index in [4.69, 9.17) is 23.2 Å². The molecule has 1 saturated heterocycles. The van der Waals surface area contributed by atoms with Crippen molar-refractivity contribution >= 4 is 35.1 Å². The van der Waals surface area contributed by atoms with Crippen LogP contribution in [0.3, 0.4) is 0 Å². The SMILES string of the molecule is CCCCNC(=NCC(=O)N(C)C)NC1CCN(Cc2cc(Cl)cc(Cl)c2)CC1. The van der Waals surface area contributed by atoms with Crippen molar-refractivity contribution in [2.24, 2.45) is 4.99 Å². The Bertz CT molecular complexity index is 667. The molecule has 29 heavy (non-hydrogen) atoms. The summed E-state index contributed by atoms with van der Waals surface area (Å²) in [7, 11) is 3.50. The monoisotopic (exact) mass is 441 g/mol. The number of guanidine groups is 1. The number of nitrogens with zero attached hydrogens (tertiary/aromatic N) is 3. The van der Waals surface area contributed by atoms with Crippen molar-refractivity contribution in [2.75, 3.05) is 40.3 Å². The minimum Gasteiger partial charge on any atom is -0.356 e. The maximum atomic E-state index is 11.9. The van der Waals surface area contributed by atoms with E-state index in [-0.39, 0.29) is 12.5 Å². The molecule has 1 heterocycles. The zero-order chi connectivity index (χ0) is 21.2. The molecule has 1 amide bonds. The van der Waals surface area contributed by atoms with E-state index in [2.05, 4.69) is 27.4 Å². The first-order chi connectivity index (χ1) is 13.9. The topological polar surface area (TPSA) is 60.0 Å². The van der Waals surface area contributed by atoms with Gasteiger partial charge in [0.1, 0.15) is 6.54 Å². The number of halogens is 2. The lowest BCUT2D eigenvalue weighted by Gasteiger charge is -2.33. The second kappa shape index (κ2) is 12.3. The van der Waals surface area contributed by atoms with Gasteiger partial charge in [-0.2, -0.15) is 0 Å². The molecular weight excluding hydrogens is 409 g/mol. The summed E-state index contributed by atoms with van der Waals surface area (Å²) >= 11 is 12.2. The van der Waals surface area contributed by atoms with Gasteiger partial charge in [-0.1, -0.05) is 36.5 Å². The van der Waals surface area contributed by atoms with Gasteiger partial charge in [0.15, 0.2) is 5.96 Å². The number of amides is 1. The molecule has 0 unspecified atom stereocenters. The molecule has 0 spiro atoms. The lowest BCUT2D eigenvalue weighted by atomic mass is 10.0. The van der Waals surface area contributed by atoms with E-state index in [1.807, 2.05) is 12.1 Å². The summed E-state index contributed by atoms with van der Waals surface area (Å²) in [5.74, 6) is 0.727. The van der Waals surface area contributed by atoms with Crippen molar-refractivity contribution in [1.29, 1.82) is 0 Å². The lowest BCUT2D eigenvalue weighted by molar-refractivity contribution is -0.127. The Hall–Kier alpha value is -1.50. The van der Waals surface area contributed by atoms with Crippen molar-refractivity contribution in [2.45, 2.75) is 45.2 Å². The van der Waals surface area contributed by atoms with Gasteiger partial charge in [-0.3, -0.25) is 9.69 Å². The predicted octanol–water partition coefficient (Wildman–Crippen LogP) is 3.38. The summed E-state index contributed by atoms with van der Waals surface area (Å²) in [4.78, 5) is 20.3. The summed E-state index contributed by atoms with van der Waals surface area (Å²) in [5, 5.41) is 8.21. The minimum atomic E-state index is -0.00315. The van der Waals surface area contributed by atoms with E-state index in [1.165, 1.54) is 0 Å². The Labute approximate surface area is 184 Å². The van der Waals surface area contributed by atoms with E-state index >= 15 is 0 Å². The van der Waals surface area contributed by atoms with E-state index in [1.54, 1.807) is 25.1 Å². The van der Waals surface area contributed by atoms with Crippen LogP contribution in [0.2, 0.25) is 10.0 Å². The molecule has 0 radical (unpaired) electrons. The number of hydrogen-bond acceptors (Lipinski definition) is 3. The third-order valence-corrected chi connectivity index (χ3v) is 5.39. The van der Waals surface area contributed by atoms with Crippen molar-refractivity contribution < 1.29 is 4.79 Å². The molecule has 2 rings (SSSR count). The van der Waals surface area contributed by atoms with E-state index in [9.17, 15) is 4.79 Å². The van der Waals surface area contributed by atoms with E-state index in [0.717, 1.165) is 63.4 Å². The third kappa shape index (κ3) is 8.81. The summed E-state index contributed by atoms with van der Waals surface area (Å²) in [6.45, 7) is 5.99. The van der Waals surface area contributed by atoms with Gasteiger partial charge >= 0.3 is 0 Å². The van der Waals surface area contributed by atoms with Crippen LogP contribution in [0.5, 0.6) is 0 Å². The predicted molar refractivity (Wildman–Crippen MR) is 122 cm³/mol. The van der Waals surface area contributed by atoms with Crippen molar-refractivity contribution in [3.63, 3.8) is 0 Å². The Morgan fingerprint density at radius 1 is 1.21 bits per heavy atom. The van der Waals surface area contributed by atoms with Gasteiger partial charge < -0.3 is 15.5 Å². The normalized spacial score (nSPS) is 16.0. The van der Waals surface area contributed by atoms with E-state index in [0.29, 0.717) is 16.1 Å². The molecule has 1 aromatic carbocycles. The summed E-state index contributed by atoms with van der Waals surface area (Å²) in [6, 6.07) is 6.05. The molecule has 1 fully saturated rings. The van der Waals surface area contributed by atoms with Gasteiger partial charge in [0.25, 0.3) is 0 Å². The summed E-state index contributed by atoms with van der Waals surface area (Å²) in [6.07, 6.45) is 4.22. The molecule has 1 aromatic rings. The Morgan fingerprint density at radius 2 is 1.86 bits per heavy atom. The smallest absolute Gasteiger partial charge is 0.243 e. The highest BCUT2D eigenvalue weighted by molar-refractivity contribution is 6.34. The fourth-order valence-electron chi connectivity index (χ4n) is 3.21. The Balaban J connectivity index is 1.86. The van der Waals surface area contributed by atoms with Crippen molar-refractivity contribution in [3.8, 4) is 0 Å². The molecule has 1 aliphatic rings. The largest absolute Gasteiger partial charge is 0.356 e. The van der Waals surface area contributed by atoms with Crippen LogP contribution in [0, 0.1) is 0 Å². The summed E-state index contributed by atoms with van der Waals surface area (Å²) in [5.41, 5.74) is 1.14. The number of likely N-dealkylation sites (N-methyl/N-ethyl adjacent to an activating group) is 1. The molecular formula is C21H33Cl2N5O. The van der Waals surface area contributed by atoms with Gasteiger partial charge in [-0.15, -0.1) is 0 Å². The second-order valence-corrected chi connectivity index (χ2v) is 8.58. The number of piperidine rings is 1. The number of nitrogens with one attached hydrogen (secondary N) is 2. The van der Waals surface area contributed by atoms with Crippen LogP contribution in [0.4, 0.5) is 0 Å². The van der Waals surface area contributed by atoms with Crippen LogP contribution >= 0.6 is 23.2 Å². The molecule has 2 N–H and O–H groups in total. The minimum absolute atomic E-state index is 0.00315. The first-order valence-electron chi connectivity index (χ1n) is 10.3. The average molecular weight is 442 g/mol. The molecule has 8 heteroatoms. The van der Waals surface area contributed by atoms with Gasteiger partial charge in [-0.25, -0.2) is 4.99 Å². The fraction of sp³-hybridized carbons (Fsp3) is 0.619. The highest BCUT2D eigenvalue weighted by Gasteiger charge is 2.20. The molecule has 162 valence electrons. The number of unbranched alkanes of at least 4 members (excludes halogenated alkanes) is 1. The lowest BCUT2D eigenvalue weighted by Crippen LogP contribution is -2.49. The second-order valence-electron chi connectivity index (χ2n) is 7.71. The third-order valence-electron chi connectivity index (χ3n) is 4.95. The first kappa shape index (κ1) is 23.8. The number of rotatable bonds is 8.